The molecule has 0 aliphatic heterocycles. The van der Waals surface area contributed by atoms with Gasteiger partial charge in [0.15, 0.2) is 6.61 Å². The van der Waals surface area contributed by atoms with E-state index in [4.69, 9.17) is 4.74 Å². The van der Waals surface area contributed by atoms with Crippen LogP contribution in [0.4, 0.5) is 0 Å². The minimum Gasteiger partial charge on any atom is -0.451 e. The van der Waals surface area contributed by atoms with Crippen LogP contribution >= 0.6 is 11.3 Å². The number of benzene rings is 1. The summed E-state index contributed by atoms with van der Waals surface area (Å²) >= 11 is 1.30. The summed E-state index contributed by atoms with van der Waals surface area (Å²) in [6.45, 7) is 1.66. The van der Waals surface area contributed by atoms with Crippen molar-refractivity contribution in [2.75, 3.05) is 13.7 Å². The number of aromatic nitrogens is 1. The number of carbonyl (C=O) groups is 2. The van der Waals surface area contributed by atoms with Gasteiger partial charge in [-0.15, -0.1) is 11.3 Å². The summed E-state index contributed by atoms with van der Waals surface area (Å²) < 4.78 is 7.11. The van der Waals surface area contributed by atoms with Gasteiger partial charge in [0, 0.05) is 19.4 Å². The number of esters is 1. The quantitative estimate of drug-likeness (QED) is 0.620. The van der Waals surface area contributed by atoms with Crippen LogP contribution in [0.5, 0.6) is 0 Å². The zero-order chi connectivity index (χ0) is 18.5. The predicted molar refractivity (Wildman–Crippen MR) is 102 cm³/mol. The average molecular weight is 368 g/mol. The van der Waals surface area contributed by atoms with E-state index in [0.29, 0.717) is 4.88 Å². The zero-order valence-corrected chi connectivity index (χ0v) is 15.5. The molecule has 0 saturated heterocycles. The third kappa shape index (κ3) is 3.86. The van der Waals surface area contributed by atoms with Gasteiger partial charge in [-0.2, -0.15) is 0 Å². The molecule has 2 heterocycles. The van der Waals surface area contributed by atoms with Crippen molar-refractivity contribution in [1.29, 1.82) is 0 Å². The number of hydrogen-bond acceptors (Lipinski definition) is 4. The molecular weight excluding hydrogens is 348 g/mol. The number of hydrogen-bond donors (Lipinski definition) is 0. The predicted octanol–water partition coefficient (Wildman–Crippen LogP) is 3.92. The molecule has 134 valence electrons. The Morgan fingerprint density at radius 1 is 1.12 bits per heavy atom. The highest BCUT2D eigenvalue weighted by atomic mass is 32.1. The van der Waals surface area contributed by atoms with Gasteiger partial charge in [0.2, 0.25) is 0 Å². The summed E-state index contributed by atoms with van der Waals surface area (Å²) in [4.78, 5) is 26.9. The number of thiophene rings is 1. The Bertz CT molecular complexity index is 872. The molecule has 0 radical (unpaired) electrons. The highest BCUT2D eigenvalue weighted by Gasteiger charge is 2.21. The maximum Gasteiger partial charge on any atom is 0.350 e. The van der Waals surface area contributed by atoms with Crippen LogP contribution in [0.2, 0.25) is 0 Å². The second kappa shape index (κ2) is 8.01. The van der Waals surface area contributed by atoms with Crippen molar-refractivity contribution in [2.24, 2.45) is 0 Å². The molecule has 5 nitrogen and oxygen atoms in total. The van der Waals surface area contributed by atoms with Gasteiger partial charge in [-0.3, -0.25) is 4.79 Å². The van der Waals surface area contributed by atoms with E-state index in [1.807, 2.05) is 77.8 Å². The van der Waals surface area contributed by atoms with Gasteiger partial charge in [0.05, 0.1) is 11.7 Å². The molecule has 0 fully saturated rings. The Balaban J connectivity index is 1.61. The van der Waals surface area contributed by atoms with Gasteiger partial charge in [-0.1, -0.05) is 30.3 Å². The van der Waals surface area contributed by atoms with Crippen LogP contribution in [-0.2, 0) is 9.53 Å². The maximum absolute atomic E-state index is 12.4. The topological polar surface area (TPSA) is 51.5 Å². The molecule has 3 rings (SSSR count). The normalized spacial score (nSPS) is 11.8. The summed E-state index contributed by atoms with van der Waals surface area (Å²) in [5.74, 6) is -0.730. The van der Waals surface area contributed by atoms with Gasteiger partial charge in [-0.05, 0) is 36.1 Å². The molecule has 0 saturated carbocycles. The number of ether oxygens (including phenoxy) is 1. The molecule has 3 aromatic rings. The van der Waals surface area contributed by atoms with E-state index >= 15 is 0 Å². The van der Waals surface area contributed by atoms with Crippen LogP contribution in [0.15, 0.2) is 66.3 Å². The first-order valence-corrected chi connectivity index (χ1v) is 9.14. The minimum absolute atomic E-state index is 0.0976. The molecule has 1 unspecified atom stereocenters. The molecule has 0 bridgehead atoms. The lowest BCUT2D eigenvalue weighted by atomic mass is 10.1. The number of likely N-dealkylation sites (N-methyl/N-ethyl adjacent to an activating group) is 1. The zero-order valence-electron chi connectivity index (χ0n) is 14.7. The molecule has 1 aromatic carbocycles. The second-order valence-electron chi connectivity index (χ2n) is 5.89. The molecule has 0 aliphatic rings. The van der Waals surface area contributed by atoms with Gasteiger partial charge in [0.1, 0.15) is 4.88 Å². The largest absolute Gasteiger partial charge is 0.451 e. The van der Waals surface area contributed by atoms with Crippen LogP contribution in [0, 0.1) is 0 Å². The fraction of sp³-hybridized carbons (Fsp3) is 0.200. The fourth-order valence-electron chi connectivity index (χ4n) is 2.62. The molecule has 6 heteroatoms. The van der Waals surface area contributed by atoms with E-state index in [2.05, 4.69) is 0 Å². The van der Waals surface area contributed by atoms with E-state index in [1.54, 1.807) is 11.9 Å². The Labute approximate surface area is 156 Å². The second-order valence-corrected chi connectivity index (χ2v) is 6.81. The van der Waals surface area contributed by atoms with Crippen molar-refractivity contribution in [3.63, 3.8) is 0 Å². The van der Waals surface area contributed by atoms with E-state index in [0.717, 1.165) is 11.3 Å². The number of amides is 1. The number of nitrogens with zero attached hydrogens (tertiary/aromatic N) is 2. The van der Waals surface area contributed by atoms with Crippen molar-refractivity contribution in [2.45, 2.75) is 13.0 Å². The van der Waals surface area contributed by atoms with Gasteiger partial charge in [0.25, 0.3) is 5.91 Å². The molecule has 0 spiro atoms. The minimum atomic E-state index is -0.488. The highest BCUT2D eigenvalue weighted by molar-refractivity contribution is 7.12. The van der Waals surface area contributed by atoms with E-state index in [9.17, 15) is 9.59 Å². The summed E-state index contributed by atoms with van der Waals surface area (Å²) in [6, 6.07) is 15.3. The molecule has 0 N–H and O–H groups in total. The molecule has 26 heavy (non-hydrogen) atoms. The lowest BCUT2D eigenvalue weighted by Gasteiger charge is -2.25. The van der Waals surface area contributed by atoms with E-state index in [-0.39, 0.29) is 18.6 Å². The van der Waals surface area contributed by atoms with Crippen LogP contribution in [0.25, 0.3) is 5.69 Å². The highest BCUT2D eigenvalue weighted by Crippen LogP contribution is 2.23. The summed E-state index contributed by atoms with van der Waals surface area (Å²) in [5, 5.41) is 1.83. The molecule has 0 aliphatic carbocycles. The standard InChI is InChI=1S/C20H20N2O3S/c1-15(16-8-4-3-5-9-16)21(2)18(23)14-25-20(24)19-17(10-13-26-19)22-11-6-7-12-22/h3-13,15H,14H2,1-2H3. The lowest BCUT2D eigenvalue weighted by molar-refractivity contribution is -0.135. The average Bonchev–Trinajstić information content (AvgIpc) is 3.36. The molecule has 1 atom stereocenters. The van der Waals surface area contributed by atoms with Gasteiger partial charge < -0.3 is 14.2 Å². The van der Waals surface area contributed by atoms with Crippen molar-refractivity contribution in [3.05, 3.63) is 76.7 Å². The Morgan fingerprint density at radius 3 is 2.50 bits per heavy atom. The van der Waals surface area contributed by atoms with Crippen molar-refractivity contribution in [3.8, 4) is 5.69 Å². The van der Waals surface area contributed by atoms with Crippen LogP contribution in [0.3, 0.4) is 0 Å². The maximum atomic E-state index is 12.4. The summed E-state index contributed by atoms with van der Waals surface area (Å²) in [6.07, 6.45) is 3.72. The fourth-order valence-corrected chi connectivity index (χ4v) is 3.40. The first kappa shape index (κ1) is 17.9. The van der Waals surface area contributed by atoms with Crippen molar-refractivity contribution in [1.82, 2.24) is 9.47 Å². The Hall–Kier alpha value is -2.86. The Kier molecular flexibility index (Phi) is 5.53. The van der Waals surface area contributed by atoms with E-state index in [1.165, 1.54) is 11.3 Å². The van der Waals surface area contributed by atoms with E-state index < -0.39 is 5.97 Å². The number of rotatable bonds is 6. The third-order valence-corrected chi connectivity index (χ3v) is 5.18. The summed E-state index contributed by atoms with van der Waals surface area (Å²) in [5.41, 5.74) is 1.78. The molecular formula is C20H20N2O3S. The van der Waals surface area contributed by atoms with Gasteiger partial charge >= 0.3 is 5.97 Å². The SMILES string of the molecule is CC(c1ccccc1)N(C)C(=O)COC(=O)c1sccc1-n1cccc1. The molecule has 2 aromatic heterocycles. The van der Waals surface area contributed by atoms with Crippen molar-refractivity contribution < 1.29 is 14.3 Å². The van der Waals surface area contributed by atoms with Crippen LogP contribution in [-0.4, -0.2) is 35.0 Å². The first-order chi connectivity index (χ1) is 12.6. The first-order valence-electron chi connectivity index (χ1n) is 8.26. The lowest BCUT2D eigenvalue weighted by Crippen LogP contribution is -2.33. The van der Waals surface area contributed by atoms with Crippen LogP contribution < -0.4 is 0 Å². The van der Waals surface area contributed by atoms with Gasteiger partial charge in [-0.25, -0.2) is 4.79 Å². The molecule has 1 amide bonds. The third-order valence-electron chi connectivity index (χ3n) is 4.30. The summed E-state index contributed by atoms with van der Waals surface area (Å²) in [7, 11) is 1.71. The van der Waals surface area contributed by atoms with Crippen LogP contribution in [0.1, 0.15) is 28.2 Å². The monoisotopic (exact) mass is 368 g/mol. The number of carbonyl (C=O) groups excluding carboxylic acids is 2. The van der Waals surface area contributed by atoms with Crippen molar-refractivity contribution >= 4 is 23.2 Å². The Morgan fingerprint density at radius 2 is 1.81 bits per heavy atom. The smallest absolute Gasteiger partial charge is 0.350 e.